The molecule has 2 aliphatic carbocycles. The van der Waals surface area contributed by atoms with Crippen LogP contribution in [0.3, 0.4) is 0 Å². The number of methoxy groups -OCH3 is 2. The number of hydrogen-bond acceptors (Lipinski definition) is 6. The average Bonchev–Trinajstić information content (AvgIpc) is 3.74. The molecule has 1 aromatic heterocycles. The molecule has 38 heavy (non-hydrogen) atoms. The lowest BCUT2D eigenvalue weighted by molar-refractivity contribution is -0.133. The molecular weight excluding hydrogens is 489 g/mol. The largest absolute Gasteiger partial charge is 0.493 e. The highest BCUT2D eigenvalue weighted by Gasteiger charge is 2.56. The Bertz CT molecular complexity index is 1460. The van der Waals surface area contributed by atoms with E-state index in [-0.39, 0.29) is 23.6 Å². The zero-order valence-electron chi connectivity index (χ0n) is 21.3. The lowest BCUT2D eigenvalue weighted by Crippen LogP contribution is -2.40. The molecule has 1 saturated carbocycles. The fraction of sp³-hybridized carbons (Fsp3) is 0.276. The molecule has 1 unspecified atom stereocenters. The fourth-order valence-corrected chi connectivity index (χ4v) is 4.40. The van der Waals surface area contributed by atoms with Gasteiger partial charge in [-0.15, -0.1) is 0 Å². The molecule has 0 bridgehead atoms. The molecule has 0 spiro atoms. The smallest absolute Gasteiger partial charge is 0.240 e. The van der Waals surface area contributed by atoms with Crippen molar-refractivity contribution in [2.24, 2.45) is 11.3 Å². The molecule has 3 aromatic rings. The van der Waals surface area contributed by atoms with Crippen molar-refractivity contribution in [2.45, 2.75) is 26.2 Å². The van der Waals surface area contributed by atoms with Gasteiger partial charge < -0.3 is 24.8 Å². The van der Waals surface area contributed by atoms with Crippen LogP contribution in [-0.4, -0.2) is 31.0 Å². The number of pyridine rings is 1. The van der Waals surface area contributed by atoms with Crippen molar-refractivity contribution in [3.05, 3.63) is 72.3 Å². The summed E-state index contributed by atoms with van der Waals surface area (Å²) in [6.45, 7) is 1.75. The number of amides is 2. The predicted octanol–water partition coefficient (Wildman–Crippen LogP) is 5.66. The van der Waals surface area contributed by atoms with Crippen LogP contribution in [0.1, 0.15) is 26.2 Å². The standard InChI is InChI=1S/C29H28FN3O5/c1-17-14-19(6-9-22(17)30)33-28(35)29(11-12-29)27(34)32-18-4-7-20(8-5-18)38-24-10-13-31-23-16-26(37-3)25(36-2)15-21(23)24/h4-10,13,15-17H,11-12,14H2,1-3H3,(H,32,34)(H,33,35). The zero-order valence-corrected chi connectivity index (χ0v) is 21.3. The van der Waals surface area contributed by atoms with Crippen LogP contribution in [0.25, 0.3) is 10.9 Å². The minimum atomic E-state index is -1.12. The van der Waals surface area contributed by atoms with Gasteiger partial charge in [0.15, 0.2) is 11.5 Å². The van der Waals surface area contributed by atoms with Crippen LogP contribution in [0, 0.1) is 11.3 Å². The minimum Gasteiger partial charge on any atom is -0.493 e. The second kappa shape index (κ2) is 10.2. The number of benzene rings is 2. The van der Waals surface area contributed by atoms with E-state index in [2.05, 4.69) is 15.6 Å². The van der Waals surface area contributed by atoms with E-state index in [9.17, 15) is 14.0 Å². The quantitative estimate of drug-likeness (QED) is 0.375. The SMILES string of the molecule is COc1cc2nccc(Oc3ccc(NC(=O)C4(C(=O)NC5=CC=C(F)C(C)C5)CC4)cc3)c2cc1OC. The number of carbonyl (C=O) groups excluding carboxylic acids is 2. The number of fused-ring (bicyclic) bond motifs is 1. The van der Waals surface area contributed by atoms with Gasteiger partial charge in [0, 0.05) is 35.0 Å². The van der Waals surface area contributed by atoms with Crippen LogP contribution in [0.2, 0.25) is 0 Å². The van der Waals surface area contributed by atoms with Crippen molar-refractivity contribution in [1.29, 1.82) is 0 Å². The summed E-state index contributed by atoms with van der Waals surface area (Å²) in [4.78, 5) is 30.3. The molecular formula is C29H28FN3O5. The molecule has 2 N–H and O–H groups in total. The molecule has 5 rings (SSSR count). The topological polar surface area (TPSA) is 98.8 Å². The maximum absolute atomic E-state index is 13.6. The average molecular weight is 518 g/mol. The van der Waals surface area contributed by atoms with Gasteiger partial charge >= 0.3 is 0 Å². The number of nitrogens with zero attached hydrogens (tertiary/aromatic N) is 1. The predicted molar refractivity (Wildman–Crippen MR) is 141 cm³/mol. The Hall–Kier alpha value is -4.40. The highest BCUT2D eigenvalue weighted by atomic mass is 19.1. The van der Waals surface area contributed by atoms with E-state index in [1.54, 1.807) is 69.8 Å². The summed E-state index contributed by atoms with van der Waals surface area (Å²) < 4.78 is 30.5. The number of rotatable bonds is 8. The number of halogens is 1. The zero-order chi connectivity index (χ0) is 26.9. The third-order valence-electron chi connectivity index (χ3n) is 6.88. The number of nitrogens with one attached hydrogen (secondary N) is 2. The number of anilines is 1. The monoisotopic (exact) mass is 517 g/mol. The Morgan fingerprint density at radius 3 is 2.29 bits per heavy atom. The van der Waals surface area contributed by atoms with Crippen molar-refractivity contribution < 1.29 is 28.2 Å². The Morgan fingerprint density at radius 2 is 1.63 bits per heavy atom. The highest BCUT2D eigenvalue weighted by Crippen LogP contribution is 2.47. The van der Waals surface area contributed by atoms with Gasteiger partial charge in [-0.3, -0.25) is 14.6 Å². The Labute approximate surface area is 219 Å². The molecule has 2 aromatic carbocycles. The molecule has 0 aliphatic heterocycles. The fourth-order valence-electron chi connectivity index (χ4n) is 4.40. The first kappa shape index (κ1) is 25.3. The molecule has 8 nitrogen and oxygen atoms in total. The maximum atomic E-state index is 13.6. The van der Waals surface area contributed by atoms with Crippen molar-refractivity contribution in [2.75, 3.05) is 19.5 Å². The summed E-state index contributed by atoms with van der Waals surface area (Å²) in [5.74, 6) is 1.04. The van der Waals surface area contributed by atoms with Gasteiger partial charge in [-0.25, -0.2) is 4.39 Å². The summed E-state index contributed by atoms with van der Waals surface area (Å²) in [7, 11) is 3.13. The molecule has 196 valence electrons. The number of carbonyl (C=O) groups is 2. The normalized spacial score (nSPS) is 17.6. The van der Waals surface area contributed by atoms with Gasteiger partial charge in [-0.2, -0.15) is 0 Å². The van der Waals surface area contributed by atoms with Crippen LogP contribution >= 0.6 is 0 Å². The van der Waals surface area contributed by atoms with Gasteiger partial charge in [0.1, 0.15) is 22.7 Å². The summed E-state index contributed by atoms with van der Waals surface area (Å²) in [5, 5.41) is 6.41. The molecule has 0 saturated heterocycles. The number of hydrogen-bond donors (Lipinski definition) is 2. The third kappa shape index (κ3) is 4.91. The molecule has 2 aliphatic rings. The van der Waals surface area contributed by atoms with Crippen molar-refractivity contribution in [3.63, 3.8) is 0 Å². The summed E-state index contributed by atoms with van der Waals surface area (Å²) in [6.07, 6.45) is 5.87. The van der Waals surface area contributed by atoms with Gasteiger partial charge in [0.2, 0.25) is 11.8 Å². The van der Waals surface area contributed by atoms with E-state index in [1.807, 2.05) is 6.07 Å². The van der Waals surface area contributed by atoms with E-state index in [0.717, 1.165) is 5.39 Å². The first-order valence-corrected chi connectivity index (χ1v) is 12.3. The maximum Gasteiger partial charge on any atom is 0.240 e. The van der Waals surface area contributed by atoms with E-state index in [0.29, 0.717) is 59.2 Å². The van der Waals surface area contributed by atoms with Crippen LogP contribution in [0.15, 0.2) is 72.3 Å². The first-order valence-electron chi connectivity index (χ1n) is 12.3. The van der Waals surface area contributed by atoms with Gasteiger partial charge in [-0.1, -0.05) is 6.92 Å². The molecule has 1 atom stereocenters. The molecule has 0 radical (unpaired) electrons. The Kier molecular flexibility index (Phi) is 6.75. The Morgan fingerprint density at radius 1 is 0.947 bits per heavy atom. The number of ether oxygens (including phenoxy) is 3. The number of allylic oxidation sites excluding steroid dienone is 4. The van der Waals surface area contributed by atoms with Crippen molar-refractivity contribution >= 4 is 28.4 Å². The Balaban J connectivity index is 1.26. The summed E-state index contributed by atoms with van der Waals surface area (Å²) >= 11 is 0. The lowest BCUT2D eigenvalue weighted by atomic mass is 9.98. The molecule has 1 heterocycles. The van der Waals surface area contributed by atoms with Crippen LogP contribution in [0.5, 0.6) is 23.0 Å². The van der Waals surface area contributed by atoms with E-state index in [1.165, 1.54) is 6.08 Å². The summed E-state index contributed by atoms with van der Waals surface area (Å²) in [5.41, 5.74) is 0.735. The van der Waals surface area contributed by atoms with Gasteiger partial charge in [0.25, 0.3) is 0 Å². The van der Waals surface area contributed by atoms with E-state index >= 15 is 0 Å². The van der Waals surface area contributed by atoms with Gasteiger partial charge in [0.05, 0.1) is 19.7 Å². The third-order valence-corrected chi connectivity index (χ3v) is 6.88. The van der Waals surface area contributed by atoms with Crippen molar-refractivity contribution in [1.82, 2.24) is 10.3 Å². The number of aromatic nitrogens is 1. The van der Waals surface area contributed by atoms with Crippen molar-refractivity contribution in [3.8, 4) is 23.0 Å². The summed E-state index contributed by atoms with van der Waals surface area (Å²) in [6, 6.07) is 12.2. The van der Waals surface area contributed by atoms with Gasteiger partial charge in [-0.05, 0) is 67.8 Å². The van der Waals surface area contributed by atoms with E-state index in [4.69, 9.17) is 14.2 Å². The van der Waals surface area contributed by atoms with Crippen LogP contribution in [-0.2, 0) is 9.59 Å². The van der Waals surface area contributed by atoms with Crippen LogP contribution < -0.4 is 24.8 Å². The second-order valence-electron chi connectivity index (χ2n) is 9.50. The molecule has 9 heteroatoms. The first-order chi connectivity index (χ1) is 18.3. The highest BCUT2D eigenvalue weighted by molar-refractivity contribution is 6.13. The molecule has 2 amide bonds. The molecule has 1 fully saturated rings. The van der Waals surface area contributed by atoms with E-state index < -0.39 is 5.41 Å². The lowest BCUT2D eigenvalue weighted by Gasteiger charge is -2.20. The van der Waals surface area contributed by atoms with Crippen LogP contribution in [0.4, 0.5) is 10.1 Å². The second-order valence-corrected chi connectivity index (χ2v) is 9.50. The minimum absolute atomic E-state index is 0.216.